The van der Waals surface area contributed by atoms with Gasteiger partial charge in [-0.25, -0.2) is 0 Å². The van der Waals surface area contributed by atoms with Crippen molar-refractivity contribution in [3.63, 3.8) is 0 Å². The molecule has 1 aliphatic heterocycles. The second-order valence-corrected chi connectivity index (χ2v) is 7.19. The summed E-state index contributed by atoms with van der Waals surface area (Å²) in [5.41, 5.74) is 2.35. The van der Waals surface area contributed by atoms with Crippen molar-refractivity contribution in [1.29, 1.82) is 0 Å². The van der Waals surface area contributed by atoms with Crippen LogP contribution in [-0.4, -0.2) is 40.2 Å². The third kappa shape index (κ3) is 4.14. The number of rotatable bonds is 5. The number of nitrogens with one attached hydrogen (secondary N) is 1. The lowest BCUT2D eigenvalue weighted by Crippen LogP contribution is -2.49. The Bertz CT molecular complexity index is 806. The summed E-state index contributed by atoms with van der Waals surface area (Å²) in [4.78, 5) is 38.9. The van der Waals surface area contributed by atoms with Crippen LogP contribution < -0.4 is 5.32 Å². The highest BCUT2D eigenvalue weighted by Gasteiger charge is 2.37. The largest absolute Gasteiger partial charge is 0.350 e. The third-order valence-electron chi connectivity index (χ3n) is 4.26. The SMILES string of the molecule is Cc1ccc(C(=O)C(=O)N2CSCC2C(=O)NCc2ccccc2)cc1. The van der Waals surface area contributed by atoms with Gasteiger partial charge in [-0.05, 0) is 12.5 Å². The molecule has 6 heteroatoms. The molecule has 1 N–H and O–H groups in total. The molecule has 0 aliphatic carbocycles. The summed E-state index contributed by atoms with van der Waals surface area (Å²) in [5.74, 6) is -0.594. The van der Waals surface area contributed by atoms with E-state index in [4.69, 9.17) is 0 Å². The van der Waals surface area contributed by atoms with Crippen molar-refractivity contribution in [2.75, 3.05) is 11.6 Å². The second-order valence-electron chi connectivity index (χ2n) is 6.19. The van der Waals surface area contributed by atoms with Gasteiger partial charge in [0.1, 0.15) is 6.04 Å². The van der Waals surface area contributed by atoms with Crippen LogP contribution in [0.15, 0.2) is 54.6 Å². The Morgan fingerprint density at radius 1 is 1.08 bits per heavy atom. The van der Waals surface area contributed by atoms with E-state index in [1.807, 2.05) is 37.3 Å². The van der Waals surface area contributed by atoms with E-state index in [0.29, 0.717) is 23.7 Å². The molecule has 1 aliphatic rings. The van der Waals surface area contributed by atoms with Crippen LogP contribution in [0.3, 0.4) is 0 Å². The lowest BCUT2D eigenvalue weighted by atomic mass is 10.1. The van der Waals surface area contributed by atoms with Crippen LogP contribution in [0.2, 0.25) is 0 Å². The Morgan fingerprint density at radius 3 is 2.46 bits per heavy atom. The molecule has 0 radical (unpaired) electrons. The van der Waals surface area contributed by atoms with Gasteiger partial charge in [0, 0.05) is 17.9 Å². The Kier molecular flexibility index (Phi) is 5.73. The van der Waals surface area contributed by atoms with E-state index >= 15 is 0 Å². The summed E-state index contributed by atoms with van der Waals surface area (Å²) in [6.07, 6.45) is 0. The zero-order valence-electron chi connectivity index (χ0n) is 14.5. The highest BCUT2D eigenvalue weighted by Crippen LogP contribution is 2.22. The van der Waals surface area contributed by atoms with Gasteiger partial charge in [-0.15, -0.1) is 11.8 Å². The van der Waals surface area contributed by atoms with E-state index in [2.05, 4.69) is 5.32 Å². The molecular weight excluding hydrogens is 348 g/mol. The van der Waals surface area contributed by atoms with E-state index < -0.39 is 17.7 Å². The van der Waals surface area contributed by atoms with Crippen molar-refractivity contribution in [2.45, 2.75) is 19.5 Å². The molecule has 0 aromatic heterocycles. The first kappa shape index (κ1) is 18.2. The van der Waals surface area contributed by atoms with E-state index in [9.17, 15) is 14.4 Å². The standard InChI is InChI=1S/C20H20N2O3S/c1-14-7-9-16(10-8-14)18(23)20(25)22-13-26-12-17(22)19(24)21-11-15-5-3-2-4-6-15/h2-10,17H,11-13H2,1H3,(H,21,24). The number of carbonyl (C=O) groups excluding carboxylic acids is 3. The van der Waals surface area contributed by atoms with Gasteiger partial charge in [-0.2, -0.15) is 0 Å². The predicted molar refractivity (Wildman–Crippen MR) is 102 cm³/mol. The number of Topliss-reactive ketones (excluding diaryl/α,β-unsaturated/α-hetero) is 1. The molecule has 0 bridgehead atoms. The number of hydrogen-bond donors (Lipinski definition) is 1. The molecule has 1 heterocycles. The molecule has 0 spiro atoms. The molecule has 0 saturated carbocycles. The van der Waals surface area contributed by atoms with Gasteiger partial charge in [0.15, 0.2) is 0 Å². The fourth-order valence-electron chi connectivity index (χ4n) is 2.72. The van der Waals surface area contributed by atoms with Gasteiger partial charge in [0.2, 0.25) is 11.7 Å². The van der Waals surface area contributed by atoms with Crippen LogP contribution in [0.5, 0.6) is 0 Å². The quantitative estimate of drug-likeness (QED) is 0.650. The number of thioether (sulfide) groups is 1. The Labute approximate surface area is 156 Å². The van der Waals surface area contributed by atoms with Gasteiger partial charge in [-0.1, -0.05) is 60.2 Å². The zero-order chi connectivity index (χ0) is 18.5. The third-order valence-corrected chi connectivity index (χ3v) is 5.28. The van der Waals surface area contributed by atoms with Gasteiger partial charge >= 0.3 is 0 Å². The highest BCUT2D eigenvalue weighted by molar-refractivity contribution is 7.99. The lowest BCUT2D eigenvalue weighted by Gasteiger charge is -2.22. The lowest BCUT2D eigenvalue weighted by molar-refractivity contribution is -0.134. The van der Waals surface area contributed by atoms with Crippen molar-refractivity contribution in [3.05, 3.63) is 71.3 Å². The van der Waals surface area contributed by atoms with Crippen molar-refractivity contribution >= 4 is 29.4 Å². The summed E-state index contributed by atoms with van der Waals surface area (Å²) in [5, 5.41) is 2.85. The van der Waals surface area contributed by atoms with Crippen LogP contribution in [0, 0.1) is 6.92 Å². The summed E-state index contributed by atoms with van der Waals surface area (Å²) >= 11 is 1.48. The van der Waals surface area contributed by atoms with E-state index in [1.165, 1.54) is 16.7 Å². The maximum absolute atomic E-state index is 12.6. The van der Waals surface area contributed by atoms with Crippen molar-refractivity contribution < 1.29 is 14.4 Å². The highest BCUT2D eigenvalue weighted by atomic mass is 32.2. The number of nitrogens with zero attached hydrogens (tertiary/aromatic N) is 1. The van der Waals surface area contributed by atoms with Crippen molar-refractivity contribution in [1.82, 2.24) is 10.2 Å². The molecule has 1 unspecified atom stereocenters. The first-order valence-corrected chi connectivity index (χ1v) is 9.53. The van der Waals surface area contributed by atoms with Crippen molar-refractivity contribution in [2.24, 2.45) is 0 Å². The summed E-state index contributed by atoms with van der Waals surface area (Å²) in [6.45, 7) is 2.31. The van der Waals surface area contributed by atoms with Crippen LogP contribution in [-0.2, 0) is 16.1 Å². The monoisotopic (exact) mass is 368 g/mol. The van der Waals surface area contributed by atoms with E-state index in [1.54, 1.807) is 24.3 Å². The van der Waals surface area contributed by atoms with Gasteiger partial charge < -0.3 is 10.2 Å². The van der Waals surface area contributed by atoms with Gasteiger partial charge in [0.25, 0.3) is 5.91 Å². The number of hydrogen-bond acceptors (Lipinski definition) is 4. The van der Waals surface area contributed by atoms with Crippen LogP contribution in [0.1, 0.15) is 21.5 Å². The molecule has 26 heavy (non-hydrogen) atoms. The molecule has 2 amide bonds. The predicted octanol–water partition coefficient (Wildman–Crippen LogP) is 2.40. The summed E-state index contributed by atoms with van der Waals surface area (Å²) in [6, 6.07) is 15.8. The van der Waals surface area contributed by atoms with Gasteiger partial charge in [0.05, 0.1) is 5.88 Å². The molecule has 2 aromatic rings. The Hall–Kier alpha value is -2.60. The maximum Gasteiger partial charge on any atom is 0.296 e. The number of aryl methyl sites for hydroxylation is 1. The second kappa shape index (κ2) is 8.19. The topological polar surface area (TPSA) is 66.5 Å². The fourth-order valence-corrected chi connectivity index (χ4v) is 3.88. The first-order valence-electron chi connectivity index (χ1n) is 8.37. The first-order chi connectivity index (χ1) is 12.6. The van der Waals surface area contributed by atoms with Crippen LogP contribution in [0.4, 0.5) is 0 Å². The smallest absolute Gasteiger partial charge is 0.296 e. The minimum absolute atomic E-state index is 0.232. The molecule has 3 rings (SSSR count). The molecule has 134 valence electrons. The fraction of sp³-hybridized carbons (Fsp3) is 0.250. The average molecular weight is 368 g/mol. The minimum atomic E-state index is -0.626. The van der Waals surface area contributed by atoms with E-state index in [-0.39, 0.29) is 5.91 Å². The molecule has 1 fully saturated rings. The molecular formula is C20H20N2O3S. The number of carbonyl (C=O) groups is 3. The zero-order valence-corrected chi connectivity index (χ0v) is 15.3. The number of benzene rings is 2. The van der Waals surface area contributed by atoms with Gasteiger partial charge in [-0.3, -0.25) is 14.4 Å². The normalized spacial score (nSPS) is 16.3. The van der Waals surface area contributed by atoms with Crippen molar-refractivity contribution in [3.8, 4) is 0 Å². The molecule has 5 nitrogen and oxygen atoms in total. The summed E-state index contributed by atoms with van der Waals surface area (Å²) < 4.78 is 0. The molecule has 1 atom stereocenters. The van der Waals surface area contributed by atoms with E-state index in [0.717, 1.165) is 11.1 Å². The number of ketones is 1. The minimum Gasteiger partial charge on any atom is -0.350 e. The van der Waals surface area contributed by atoms with Crippen LogP contribution in [0.25, 0.3) is 0 Å². The maximum atomic E-state index is 12.6. The Balaban J connectivity index is 1.65. The molecule has 2 aromatic carbocycles. The van der Waals surface area contributed by atoms with Crippen LogP contribution >= 0.6 is 11.8 Å². The Morgan fingerprint density at radius 2 is 1.77 bits per heavy atom. The average Bonchev–Trinajstić information content (AvgIpc) is 3.16. The molecule has 1 saturated heterocycles. The summed E-state index contributed by atoms with van der Waals surface area (Å²) in [7, 11) is 0. The number of amides is 2.